The monoisotopic (exact) mass is 589 g/mol. The lowest BCUT2D eigenvalue weighted by Crippen LogP contribution is -2.25. The number of esters is 1. The molecule has 0 amide bonds. The zero-order valence-corrected chi connectivity index (χ0v) is 23.7. The average molecular weight is 591 g/mol. The second kappa shape index (κ2) is 12.4. The van der Waals surface area contributed by atoms with Gasteiger partial charge in [-0.25, -0.2) is 0 Å². The predicted octanol–water partition coefficient (Wildman–Crippen LogP) is 5.96. The minimum absolute atomic E-state index is 0.220. The van der Waals surface area contributed by atoms with Crippen molar-refractivity contribution in [2.45, 2.75) is 37.9 Å². The summed E-state index contributed by atoms with van der Waals surface area (Å²) in [6.45, 7) is 7.32. The van der Waals surface area contributed by atoms with Gasteiger partial charge < -0.3 is 9.64 Å². The van der Waals surface area contributed by atoms with Crippen LogP contribution in [0.3, 0.4) is 0 Å². The first-order valence-electron chi connectivity index (χ1n) is 12.0. The molecule has 10 heteroatoms. The van der Waals surface area contributed by atoms with Crippen LogP contribution in [0.5, 0.6) is 0 Å². The highest BCUT2D eigenvalue weighted by molar-refractivity contribution is 9.10. The molecule has 4 rings (SSSR count). The summed E-state index contributed by atoms with van der Waals surface area (Å²) in [7, 11) is 1.40. The van der Waals surface area contributed by atoms with Gasteiger partial charge in [-0.3, -0.25) is 14.4 Å². The molecule has 1 aliphatic heterocycles. The smallest absolute Gasteiger partial charge is 0.305 e. The van der Waals surface area contributed by atoms with Gasteiger partial charge in [0.2, 0.25) is 0 Å². The zero-order chi connectivity index (χ0) is 25.7. The molecular formula is C26H29BrClN5O2S. The van der Waals surface area contributed by atoms with Gasteiger partial charge in [0.1, 0.15) is 6.04 Å². The number of ether oxygens (including phenoxy) is 1. The van der Waals surface area contributed by atoms with E-state index >= 15 is 0 Å². The summed E-state index contributed by atoms with van der Waals surface area (Å²) in [6, 6.07) is 13.4. The van der Waals surface area contributed by atoms with Crippen molar-refractivity contribution >= 4 is 51.0 Å². The molecule has 1 aromatic heterocycles. The number of halogens is 2. The van der Waals surface area contributed by atoms with Crippen molar-refractivity contribution in [1.82, 2.24) is 19.7 Å². The van der Waals surface area contributed by atoms with Gasteiger partial charge in [0.25, 0.3) is 0 Å². The van der Waals surface area contributed by atoms with Crippen molar-refractivity contribution in [2.24, 2.45) is 4.99 Å². The van der Waals surface area contributed by atoms with Crippen LogP contribution in [-0.4, -0.2) is 63.8 Å². The highest BCUT2D eigenvalue weighted by Gasteiger charge is 2.30. The van der Waals surface area contributed by atoms with E-state index in [1.54, 1.807) is 11.8 Å². The maximum Gasteiger partial charge on any atom is 0.305 e. The predicted molar refractivity (Wildman–Crippen MR) is 149 cm³/mol. The average Bonchev–Trinajstić information content (AvgIpc) is 3.25. The second-order valence-corrected chi connectivity index (χ2v) is 10.7. The van der Waals surface area contributed by atoms with E-state index in [4.69, 9.17) is 21.3 Å². The van der Waals surface area contributed by atoms with E-state index in [9.17, 15) is 4.79 Å². The molecule has 0 radical (unpaired) electrons. The van der Waals surface area contributed by atoms with Crippen LogP contribution < -0.4 is 0 Å². The van der Waals surface area contributed by atoms with Crippen molar-refractivity contribution in [2.75, 3.05) is 32.5 Å². The minimum atomic E-state index is -0.397. The molecule has 0 N–H and O–H groups in total. The number of carbonyl (C=O) groups excluding carboxylic acids is 1. The Morgan fingerprint density at radius 3 is 2.67 bits per heavy atom. The quantitative estimate of drug-likeness (QED) is 0.214. The number of methoxy groups -OCH3 is 1. The van der Waals surface area contributed by atoms with Gasteiger partial charge in [0.15, 0.2) is 11.0 Å². The summed E-state index contributed by atoms with van der Waals surface area (Å²) < 4.78 is 7.92. The Bertz CT molecular complexity index is 1260. The van der Waals surface area contributed by atoms with Gasteiger partial charge in [-0.05, 0) is 43.8 Å². The van der Waals surface area contributed by atoms with Crippen LogP contribution in [0.2, 0.25) is 5.02 Å². The summed E-state index contributed by atoms with van der Waals surface area (Å²) in [5.41, 5.74) is 3.44. The molecule has 36 heavy (non-hydrogen) atoms. The fourth-order valence-corrected chi connectivity index (χ4v) is 5.75. The number of rotatable bonds is 10. The zero-order valence-electron chi connectivity index (χ0n) is 20.6. The summed E-state index contributed by atoms with van der Waals surface area (Å²) in [5, 5.41) is 10.6. The highest BCUT2D eigenvalue weighted by Crippen LogP contribution is 2.37. The number of carbonyl (C=O) groups is 1. The number of fused-ring (bicyclic) bond motifs is 3. The topological polar surface area (TPSA) is 72.6 Å². The lowest BCUT2D eigenvalue weighted by molar-refractivity contribution is -0.140. The molecule has 190 valence electrons. The number of aliphatic imine (C=N–C) groups is 1. The number of hydrogen-bond acceptors (Lipinski definition) is 7. The molecule has 0 saturated carbocycles. The molecule has 1 atom stereocenters. The highest BCUT2D eigenvalue weighted by atomic mass is 79.9. The maximum absolute atomic E-state index is 12.0. The van der Waals surface area contributed by atoms with E-state index in [0.29, 0.717) is 17.3 Å². The summed E-state index contributed by atoms with van der Waals surface area (Å²) >= 11 is 12.0. The molecule has 0 spiro atoms. The van der Waals surface area contributed by atoms with Crippen molar-refractivity contribution in [1.29, 1.82) is 0 Å². The first-order chi connectivity index (χ1) is 17.5. The van der Waals surface area contributed by atoms with Gasteiger partial charge in [-0.1, -0.05) is 71.3 Å². The molecule has 0 unspecified atom stereocenters. The first kappa shape index (κ1) is 26.9. The lowest BCUT2D eigenvalue weighted by atomic mass is 10.00. The molecule has 0 aliphatic carbocycles. The Morgan fingerprint density at radius 2 is 1.94 bits per heavy atom. The minimum Gasteiger partial charge on any atom is -0.469 e. The third-order valence-corrected chi connectivity index (χ3v) is 7.94. The van der Waals surface area contributed by atoms with Crippen LogP contribution in [-0.2, 0) is 9.53 Å². The maximum atomic E-state index is 12.0. The number of thioether (sulfide) groups is 1. The normalized spacial score (nSPS) is 14.7. The van der Waals surface area contributed by atoms with Crippen molar-refractivity contribution < 1.29 is 9.53 Å². The molecule has 2 heterocycles. The number of benzene rings is 2. The molecular weight excluding hydrogens is 562 g/mol. The largest absolute Gasteiger partial charge is 0.469 e. The van der Waals surface area contributed by atoms with Crippen molar-refractivity contribution in [3.63, 3.8) is 0 Å². The second-order valence-electron chi connectivity index (χ2n) is 8.30. The van der Waals surface area contributed by atoms with Crippen LogP contribution in [0.15, 0.2) is 57.1 Å². The first-order valence-corrected chi connectivity index (χ1v) is 14.1. The molecule has 0 bridgehead atoms. The van der Waals surface area contributed by atoms with Crippen LogP contribution in [0.1, 0.15) is 49.7 Å². The standard InChI is InChI=1S/C26H29BrClN5O2S/c1-4-32(5-2)14-15-36-26-31-30-25-21(11-13-23(34)35-3)29-24(18-8-6-7-9-20(18)28)19-16-17(27)10-12-22(19)33(25)26/h6-10,12,16,21H,4-5,11,13-15H2,1-3H3/t21-/m0/s1. The van der Waals surface area contributed by atoms with Crippen LogP contribution >= 0.6 is 39.3 Å². The van der Waals surface area contributed by atoms with E-state index < -0.39 is 6.04 Å². The van der Waals surface area contributed by atoms with E-state index in [1.165, 1.54) is 7.11 Å². The number of nitrogens with zero attached hydrogens (tertiary/aromatic N) is 5. The summed E-state index contributed by atoms with van der Waals surface area (Å²) in [5.74, 6) is 1.31. The Hall–Kier alpha value is -2.20. The molecule has 2 aromatic carbocycles. The van der Waals surface area contributed by atoms with Crippen molar-refractivity contribution in [3.8, 4) is 5.69 Å². The molecule has 1 aliphatic rings. The fraction of sp³-hybridized carbons (Fsp3) is 0.385. The Morgan fingerprint density at radius 1 is 1.17 bits per heavy atom. The van der Waals surface area contributed by atoms with Crippen LogP contribution in [0, 0.1) is 0 Å². The van der Waals surface area contributed by atoms with Gasteiger partial charge in [0, 0.05) is 39.3 Å². The Balaban J connectivity index is 1.83. The summed E-state index contributed by atoms with van der Waals surface area (Å²) in [6.07, 6.45) is 0.663. The fourth-order valence-electron chi connectivity index (χ4n) is 4.22. The van der Waals surface area contributed by atoms with E-state index in [-0.39, 0.29) is 12.4 Å². The molecule has 0 saturated heterocycles. The van der Waals surface area contributed by atoms with E-state index in [2.05, 4.69) is 55.5 Å². The molecule has 3 aromatic rings. The number of aromatic nitrogens is 3. The van der Waals surface area contributed by atoms with Gasteiger partial charge in [-0.2, -0.15) is 0 Å². The molecule has 7 nitrogen and oxygen atoms in total. The van der Waals surface area contributed by atoms with Gasteiger partial charge in [-0.15, -0.1) is 10.2 Å². The lowest BCUT2D eigenvalue weighted by Gasteiger charge is -2.18. The SMILES string of the molecule is CCN(CC)CCSc1nnc2n1-c1ccc(Br)cc1C(c1ccccc1Cl)=N[C@H]2CCC(=O)OC. The Kier molecular flexibility index (Phi) is 9.22. The number of hydrogen-bond donors (Lipinski definition) is 0. The van der Waals surface area contributed by atoms with Gasteiger partial charge >= 0.3 is 5.97 Å². The Labute approximate surface area is 229 Å². The third kappa shape index (κ3) is 5.85. The van der Waals surface area contributed by atoms with Gasteiger partial charge in [0.05, 0.1) is 18.5 Å². The van der Waals surface area contributed by atoms with E-state index in [1.807, 2.05) is 36.4 Å². The van der Waals surface area contributed by atoms with Crippen molar-refractivity contribution in [3.05, 3.63) is 68.9 Å². The third-order valence-electron chi connectivity index (χ3n) is 6.21. The van der Waals surface area contributed by atoms with Crippen LogP contribution in [0.25, 0.3) is 5.69 Å². The van der Waals surface area contributed by atoms with Crippen LogP contribution in [0.4, 0.5) is 0 Å². The van der Waals surface area contributed by atoms with E-state index in [0.717, 1.165) is 57.5 Å². The molecule has 0 fully saturated rings. The summed E-state index contributed by atoms with van der Waals surface area (Å²) in [4.78, 5) is 19.6.